The Balaban J connectivity index is 2.07. The summed E-state index contributed by atoms with van der Waals surface area (Å²) in [6.45, 7) is 0. The van der Waals surface area contributed by atoms with Crippen LogP contribution in [0.4, 0.5) is 4.39 Å². The summed E-state index contributed by atoms with van der Waals surface area (Å²) in [6, 6.07) is 5.06. The van der Waals surface area contributed by atoms with Crippen LogP contribution in [0.5, 0.6) is 0 Å². The van der Waals surface area contributed by atoms with Gasteiger partial charge in [0.05, 0.1) is 12.0 Å². The third-order valence-corrected chi connectivity index (χ3v) is 3.15. The molecular formula is C14H13FN2. The van der Waals surface area contributed by atoms with Crippen molar-refractivity contribution in [3.05, 3.63) is 53.4 Å². The Morgan fingerprint density at radius 1 is 1.29 bits per heavy atom. The zero-order chi connectivity index (χ0) is 11.7. The maximum Gasteiger partial charge on any atom is 0.123 e. The number of imidazole rings is 1. The first kappa shape index (κ1) is 10.3. The first-order chi connectivity index (χ1) is 8.33. The maximum atomic E-state index is 13.3. The van der Waals surface area contributed by atoms with Gasteiger partial charge in [0.25, 0.3) is 0 Å². The van der Waals surface area contributed by atoms with Crippen LogP contribution in [0.25, 0.3) is 11.6 Å². The van der Waals surface area contributed by atoms with E-state index in [0.717, 1.165) is 30.5 Å². The molecule has 0 amide bonds. The number of aryl methyl sites for hydroxylation is 1. The van der Waals surface area contributed by atoms with Crippen molar-refractivity contribution >= 4 is 11.6 Å². The van der Waals surface area contributed by atoms with Crippen LogP contribution in [0.1, 0.15) is 29.7 Å². The van der Waals surface area contributed by atoms with Gasteiger partial charge < -0.3 is 4.98 Å². The largest absolute Gasteiger partial charge is 0.351 e. The number of hydrogen-bond donors (Lipinski definition) is 1. The second kappa shape index (κ2) is 4.17. The normalized spacial score (nSPS) is 17.1. The molecule has 3 rings (SSSR count). The lowest BCUT2D eigenvalue weighted by Crippen LogP contribution is -2.02. The quantitative estimate of drug-likeness (QED) is 0.796. The second-order valence-corrected chi connectivity index (χ2v) is 4.32. The Labute approximate surface area is 99.2 Å². The van der Waals surface area contributed by atoms with Crippen LogP contribution in [-0.4, -0.2) is 9.97 Å². The molecule has 1 N–H and O–H groups in total. The van der Waals surface area contributed by atoms with Crippen molar-refractivity contribution in [2.24, 2.45) is 0 Å². The molecule has 1 aromatic carbocycles. The molecule has 3 heteroatoms. The van der Waals surface area contributed by atoms with Gasteiger partial charge >= 0.3 is 0 Å². The lowest BCUT2D eigenvalue weighted by molar-refractivity contribution is 0.625. The summed E-state index contributed by atoms with van der Waals surface area (Å²) in [5.74, 6) is -0.168. The predicted molar refractivity (Wildman–Crippen MR) is 65.8 cm³/mol. The minimum Gasteiger partial charge on any atom is -0.351 e. The van der Waals surface area contributed by atoms with E-state index in [2.05, 4.69) is 9.97 Å². The second-order valence-electron chi connectivity index (χ2n) is 4.32. The molecule has 0 atom stereocenters. The van der Waals surface area contributed by atoms with Crippen LogP contribution in [0, 0.1) is 5.82 Å². The molecule has 0 saturated heterocycles. The standard InChI is InChI=1S/C14H13FN2/c15-12-5-4-10-2-1-3-11(14(10)7-12)6-13-8-16-9-17-13/h4-9H,1-3H2,(H,16,17)/b11-6+. The number of aromatic amines is 1. The van der Waals surface area contributed by atoms with E-state index in [9.17, 15) is 4.39 Å². The van der Waals surface area contributed by atoms with Crippen LogP contribution in [0.2, 0.25) is 0 Å². The number of rotatable bonds is 1. The summed E-state index contributed by atoms with van der Waals surface area (Å²) in [4.78, 5) is 7.10. The minimum atomic E-state index is -0.168. The smallest absolute Gasteiger partial charge is 0.123 e. The van der Waals surface area contributed by atoms with Gasteiger partial charge in [0.15, 0.2) is 0 Å². The van der Waals surface area contributed by atoms with E-state index in [-0.39, 0.29) is 5.82 Å². The molecule has 0 bridgehead atoms. The zero-order valence-corrected chi connectivity index (χ0v) is 9.41. The van der Waals surface area contributed by atoms with E-state index < -0.39 is 0 Å². The van der Waals surface area contributed by atoms with Gasteiger partial charge in [0, 0.05) is 6.20 Å². The first-order valence-corrected chi connectivity index (χ1v) is 5.81. The molecule has 1 heterocycles. The molecule has 0 aliphatic heterocycles. The zero-order valence-electron chi connectivity index (χ0n) is 9.41. The molecule has 0 saturated carbocycles. The highest BCUT2D eigenvalue weighted by molar-refractivity contribution is 5.82. The van der Waals surface area contributed by atoms with Gasteiger partial charge in [-0.1, -0.05) is 6.07 Å². The molecule has 1 aliphatic rings. The third-order valence-electron chi connectivity index (χ3n) is 3.15. The lowest BCUT2D eigenvalue weighted by Gasteiger charge is -2.18. The van der Waals surface area contributed by atoms with E-state index in [1.807, 2.05) is 18.3 Å². The van der Waals surface area contributed by atoms with E-state index in [4.69, 9.17) is 0 Å². The molecule has 0 unspecified atom stereocenters. The molecule has 1 aliphatic carbocycles. The van der Waals surface area contributed by atoms with E-state index in [0.29, 0.717) is 0 Å². The van der Waals surface area contributed by atoms with Crippen molar-refractivity contribution in [2.45, 2.75) is 19.3 Å². The first-order valence-electron chi connectivity index (χ1n) is 5.81. The Kier molecular flexibility index (Phi) is 2.52. The molecule has 2 nitrogen and oxygen atoms in total. The number of hydrogen-bond acceptors (Lipinski definition) is 1. The molecule has 0 fully saturated rings. The highest BCUT2D eigenvalue weighted by atomic mass is 19.1. The van der Waals surface area contributed by atoms with Crippen LogP contribution in [0.3, 0.4) is 0 Å². The molecule has 86 valence electrons. The van der Waals surface area contributed by atoms with E-state index >= 15 is 0 Å². The van der Waals surface area contributed by atoms with Gasteiger partial charge in [-0.05, 0) is 54.2 Å². The third kappa shape index (κ3) is 2.00. The highest BCUT2D eigenvalue weighted by Crippen LogP contribution is 2.32. The van der Waals surface area contributed by atoms with Crippen molar-refractivity contribution < 1.29 is 4.39 Å². The van der Waals surface area contributed by atoms with Gasteiger partial charge in [0.1, 0.15) is 5.82 Å². The maximum absolute atomic E-state index is 13.3. The SMILES string of the molecule is Fc1ccc2c(c1)/C(=C/c1c[nH]cn1)CCC2. The van der Waals surface area contributed by atoms with Gasteiger partial charge in [-0.25, -0.2) is 9.37 Å². The summed E-state index contributed by atoms with van der Waals surface area (Å²) < 4.78 is 13.3. The van der Waals surface area contributed by atoms with Crippen LogP contribution in [-0.2, 0) is 6.42 Å². The Hall–Kier alpha value is -1.90. The van der Waals surface area contributed by atoms with Crippen molar-refractivity contribution in [1.82, 2.24) is 9.97 Å². The lowest BCUT2D eigenvalue weighted by atomic mass is 9.87. The van der Waals surface area contributed by atoms with Gasteiger partial charge in [-0.2, -0.15) is 0 Å². The summed E-state index contributed by atoms with van der Waals surface area (Å²) in [5.41, 5.74) is 4.36. The predicted octanol–water partition coefficient (Wildman–Crippen LogP) is 3.43. The molecule has 1 aromatic heterocycles. The fourth-order valence-electron chi connectivity index (χ4n) is 2.35. The Morgan fingerprint density at radius 2 is 2.24 bits per heavy atom. The number of halogens is 1. The van der Waals surface area contributed by atoms with Gasteiger partial charge in [-0.3, -0.25) is 0 Å². The van der Waals surface area contributed by atoms with Crippen molar-refractivity contribution in [2.75, 3.05) is 0 Å². The summed E-state index contributed by atoms with van der Waals surface area (Å²) in [7, 11) is 0. The summed E-state index contributed by atoms with van der Waals surface area (Å²) >= 11 is 0. The fourth-order valence-corrected chi connectivity index (χ4v) is 2.35. The molecule has 2 aromatic rings. The van der Waals surface area contributed by atoms with Crippen molar-refractivity contribution in [3.63, 3.8) is 0 Å². The van der Waals surface area contributed by atoms with Crippen molar-refractivity contribution in [1.29, 1.82) is 0 Å². The van der Waals surface area contributed by atoms with Gasteiger partial charge in [0.2, 0.25) is 0 Å². The molecule has 0 spiro atoms. The van der Waals surface area contributed by atoms with Crippen LogP contribution in [0.15, 0.2) is 30.7 Å². The fraction of sp³-hybridized carbons (Fsp3) is 0.214. The van der Waals surface area contributed by atoms with Crippen LogP contribution >= 0.6 is 0 Å². The minimum absolute atomic E-state index is 0.168. The monoisotopic (exact) mass is 228 g/mol. The number of nitrogens with one attached hydrogen (secondary N) is 1. The number of H-pyrrole nitrogens is 1. The number of nitrogens with zero attached hydrogens (tertiary/aromatic N) is 1. The topological polar surface area (TPSA) is 28.7 Å². The Bertz CT molecular complexity index is 556. The van der Waals surface area contributed by atoms with E-state index in [1.165, 1.54) is 17.2 Å². The summed E-state index contributed by atoms with van der Waals surface area (Å²) in [6.07, 6.45) is 8.68. The van der Waals surface area contributed by atoms with Crippen molar-refractivity contribution in [3.8, 4) is 0 Å². The van der Waals surface area contributed by atoms with Crippen LogP contribution < -0.4 is 0 Å². The number of benzene rings is 1. The molecular weight excluding hydrogens is 215 g/mol. The highest BCUT2D eigenvalue weighted by Gasteiger charge is 2.14. The Morgan fingerprint density at radius 3 is 3.06 bits per heavy atom. The average molecular weight is 228 g/mol. The number of aromatic nitrogens is 2. The average Bonchev–Trinajstić information content (AvgIpc) is 2.83. The summed E-state index contributed by atoms with van der Waals surface area (Å²) in [5, 5.41) is 0. The number of allylic oxidation sites excluding steroid dienone is 1. The molecule has 0 radical (unpaired) electrons. The van der Waals surface area contributed by atoms with Gasteiger partial charge in [-0.15, -0.1) is 0 Å². The molecule has 17 heavy (non-hydrogen) atoms. The van der Waals surface area contributed by atoms with E-state index in [1.54, 1.807) is 12.4 Å². The number of fused-ring (bicyclic) bond motifs is 1.